The number of hydrogen-bond donors (Lipinski definition) is 0. The molecule has 0 radical (unpaired) electrons. The van der Waals surface area contributed by atoms with Gasteiger partial charge in [0.2, 0.25) is 0 Å². The van der Waals surface area contributed by atoms with E-state index in [1.165, 1.54) is 0 Å². The van der Waals surface area contributed by atoms with Gasteiger partial charge in [-0.1, -0.05) is 36.4 Å². The SMILES string of the molecule is O=C(c1ccc(-n2cccc2)cc1)N(CCc1ccccn1)Cc1ccccc1. The molecule has 0 atom stereocenters. The van der Waals surface area contributed by atoms with Crippen LogP contribution in [0.1, 0.15) is 21.6 Å². The third-order valence-corrected chi connectivity index (χ3v) is 4.88. The van der Waals surface area contributed by atoms with Crippen molar-refractivity contribution in [1.29, 1.82) is 0 Å². The van der Waals surface area contributed by atoms with Gasteiger partial charge in [-0.25, -0.2) is 0 Å². The number of nitrogens with zero attached hydrogens (tertiary/aromatic N) is 3. The van der Waals surface area contributed by atoms with Crippen LogP contribution in [0, 0.1) is 0 Å². The first kappa shape index (κ1) is 18.7. The van der Waals surface area contributed by atoms with Gasteiger partial charge >= 0.3 is 0 Å². The van der Waals surface area contributed by atoms with Gasteiger partial charge in [-0.2, -0.15) is 0 Å². The Morgan fingerprint density at radius 3 is 2.24 bits per heavy atom. The number of benzene rings is 2. The normalized spacial score (nSPS) is 10.6. The molecule has 0 spiro atoms. The summed E-state index contributed by atoms with van der Waals surface area (Å²) in [4.78, 5) is 19.6. The predicted molar refractivity (Wildman–Crippen MR) is 115 cm³/mol. The van der Waals surface area contributed by atoms with Crippen LogP contribution in [0.5, 0.6) is 0 Å². The Labute approximate surface area is 171 Å². The smallest absolute Gasteiger partial charge is 0.254 e. The van der Waals surface area contributed by atoms with E-state index in [-0.39, 0.29) is 5.91 Å². The summed E-state index contributed by atoms with van der Waals surface area (Å²) < 4.78 is 2.02. The van der Waals surface area contributed by atoms with Crippen molar-refractivity contribution in [2.75, 3.05) is 6.54 Å². The number of carbonyl (C=O) groups is 1. The van der Waals surface area contributed by atoms with Crippen LogP contribution >= 0.6 is 0 Å². The second-order valence-electron chi connectivity index (χ2n) is 6.92. The minimum absolute atomic E-state index is 0.0313. The van der Waals surface area contributed by atoms with Crippen molar-refractivity contribution in [1.82, 2.24) is 14.5 Å². The van der Waals surface area contributed by atoms with E-state index in [4.69, 9.17) is 0 Å². The molecule has 4 nitrogen and oxygen atoms in total. The second-order valence-corrected chi connectivity index (χ2v) is 6.92. The van der Waals surface area contributed by atoms with Crippen LogP contribution in [0.2, 0.25) is 0 Å². The van der Waals surface area contributed by atoms with E-state index in [9.17, 15) is 4.79 Å². The predicted octanol–water partition coefficient (Wildman–Crippen LogP) is 4.76. The van der Waals surface area contributed by atoms with Crippen LogP contribution < -0.4 is 0 Å². The molecule has 2 aromatic heterocycles. The summed E-state index contributed by atoms with van der Waals surface area (Å²) in [6.45, 7) is 1.19. The standard InChI is InChI=1S/C25H23N3O/c29-25(22-11-13-24(14-12-22)27-17-6-7-18-27)28(20-21-8-2-1-3-9-21)19-15-23-10-4-5-16-26-23/h1-14,16-18H,15,19-20H2. The zero-order valence-corrected chi connectivity index (χ0v) is 16.2. The van der Waals surface area contributed by atoms with Crippen LogP contribution in [0.25, 0.3) is 5.69 Å². The maximum absolute atomic E-state index is 13.3. The minimum Gasteiger partial charge on any atom is -0.334 e. The van der Waals surface area contributed by atoms with E-state index in [0.717, 1.165) is 23.4 Å². The van der Waals surface area contributed by atoms with Gasteiger partial charge < -0.3 is 9.47 Å². The Bertz CT molecular complexity index is 1030. The monoisotopic (exact) mass is 381 g/mol. The molecule has 0 fully saturated rings. The molecule has 4 aromatic rings. The van der Waals surface area contributed by atoms with Crippen LogP contribution in [-0.2, 0) is 13.0 Å². The quantitative estimate of drug-likeness (QED) is 0.463. The van der Waals surface area contributed by atoms with E-state index in [1.807, 2.05) is 94.7 Å². The molecule has 2 heterocycles. The summed E-state index contributed by atoms with van der Waals surface area (Å²) >= 11 is 0. The number of rotatable bonds is 7. The van der Waals surface area contributed by atoms with Crippen LogP contribution in [0.4, 0.5) is 0 Å². The van der Waals surface area contributed by atoms with E-state index < -0.39 is 0 Å². The number of hydrogen-bond acceptors (Lipinski definition) is 2. The average Bonchev–Trinajstić information content (AvgIpc) is 3.33. The zero-order valence-electron chi connectivity index (χ0n) is 16.2. The van der Waals surface area contributed by atoms with Gasteiger partial charge in [0.1, 0.15) is 0 Å². The summed E-state index contributed by atoms with van der Waals surface area (Å²) in [5, 5.41) is 0. The summed E-state index contributed by atoms with van der Waals surface area (Å²) in [6, 6.07) is 27.7. The minimum atomic E-state index is 0.0313. The molecular formula is C25H23N3O. The lowest BCUT2D eigenvalue weighted by Gasteiger charge is -2.23. The summed E-state index contributed by atoms with van der Waals surface area (Å²) in [7, 11) is 0. The van der Waals surface area contributed by atoms with Gasteiger partial charge in [0.25, 0.3) is 5.91 Å². The van der Waals surface area contributed by atoms with E-state index in [1.54, 1.807) is 6.20 Å². The Kier molecular flexibility index (Phi) is 5.81. The first-order chi connectivity index (χ1) is 14.3. The highest BCUT2D eigenvalue weighted by atomic mass is 16.2. The molecule has 0 N–H and O–H groups in total. The maximum Gasteiger partial charge on any atom is 0.254 e. The third-order valence-electron chi connectivity index (χ3n) is 4.88. The molecular weight excluding hydrogens is 358 g/mol. The summed E-state index contributed by atoms with van der Waals surface area (Å²) in [5.74, 6) is 0.0313. The summed E-state index contributed by atoms with van der Waals surface area (Å²) in [6.07, 6.45) is 6.50. The molecule has 2 aromatic carbocycles. The van der Waals surface area contributed by atoms with Gasteiger partial charge in [-0.15, -0.1) is 0 Å². The van der Waals surface area contributed by atoms with Crippen molar-refractivity contribution in [3.63, 3.8) is 0 Å². The lowest BCUT2D eigenvalue weighted by molar-refractivity contribution is 0.0744. The zero-order chi connectivity index (χ0) is 19.9. The molecule has 4 heteroatoms. The van der Waals surface area contributed by atoms with Crippen molar-refractivity contribution in [2.24, 2.45) is 0 Å². The van der Waals surface area contributed by atoms with E-state index in [2.05, 4.69) is 17.1 Å². The van der Waals surface area contributed by atoms with Gasteiger partial charge in [0, 0.05) is 55.0 Å². The Balaban J connectivity index is 1.53. The largest absolute Gasteiger partial charge is 0.334 e. The van der Waals surface area contributed by atoms with Crippen LogP contribution in [-0.4, -0.2) is 26.9 Å². The van der Waals surface area contributed by atoms with Crippen molar-refractivity contribution >= 4 is 5.91 Å². The molecule has 144 valence electrons. The molecule has 0 aliphatic carbocycles. The Morgan fingerprint density at radius 2 is 1.55 bits per heavy atom. The van der Waals surface area contributed by atoms with Crippen LogP contribution in [0.15, 0.2) is 104 Å². The lowest BCUT2D eigenvalue weighted by atomic mass is 10.1. The third kappa shape index (κ3) is 4.79. The first-order valence-corrected chi connectivity index (χ1v) is 9.76. The van der Waals surface area contributed by atoms with E-state index in [0.29, 0.717) is 18.7 Å². The fraction of sp³-hybridized carbons (Fsp3) is 0.120. The average molecular weight is 381 g/mol. The molecule has 0 bridgehead atoms. The highest BCUT2D eigenvalue weighted by Gasteiger charge is 2.16. The number of aromatic nitrogens is 2. The fourth-order valence-electron chi connectivity index (χ4n) is 3.32. The van der Waals surface area contributed by atoms with Gasteiger partial charge in [0.05, 0.1) is 0 Å². The molecule has 0 aliphatic heterocycles. The first-order valence-electron chi connectivity index (χ1n) is 9.76. The molecule has 0 aliphatic rings. The topological polar surface area (TPSA) is 38.1 Å². The van der Waals surface area contributed by atoms with Gasteiger partial charge in [-0.3, -0.25) is 9.78 Å². The van der Waals surface area contributed by atoms with Crippen LogP contribution in [0.3, 0.4) is 0 Å². The lowest BCUT2D eigenvalue weighted by Crippen LogP contribution is -2.32. The molecule has 0 unspecified atom stereocenters. The van der Waals surface area contributed by atoms with Crippen molar-refractivity contribution in [2.45, 2.75) is 13.0 Å². The molecule has 1 amide bonds. The van der Waals surface area contributed by atoms with Crippen molar-refractivity contribution in [3.8, 4) is 5.69 Å². The van der Waals surface area contributed by atoms with Gasteiger partial charge in [-0.05, 0) is 54.1 Å². The number of carbonyl (C=O) groups excluding carboxylic acids is 1. The van der Waals surface area contributed by atoms with Crippen molar-refractivity contribution < 1.29 is 4.79 Å². The Morgan fingerprint density at radius 1 is 0.828 bits per heavy atom. The number of amides is 1. The maximum atomic E-state index is 13.3. The Hall–Kier alpha value is -3.66. The number of pyridine rings is 1. The molecule has 4 rings (SSSR count). The molecule has 0 saturated heterocycles. The summed E-state index contributed by atoms with van der Waals surface area (Å²) in [5.41, 5.74) is 3.83. The van der Waals surface area contributed by atoms with Gasteiger partial charge in [0.15, 0.2) is 0 Å². The second kappa shape index (κ2) is 9.02. The van der Waals surface area contributed by atoms with E-state index >= 15 is 0 Å². The van der Waals surface area contributed by atoms with Crippen molar-refractivity contribution in [3.05, 3.63) is 120 Å². The molecule has 0 saturated carbocycles. The highest BCUT2D eigenvalue weighted by molar-refractivity contribution is 5.94. The highest BCUT2D eigenvalue weighted by Crippen LogP contribution is 2.15. The fourth-order valence-corrected chi connectivity index (χ4v) is 3.32. The molecule has 29 heavy (non-hydrogen) atoms.